The van der Waals surface area contributed by atoms with E-state index in [1.807, 2.05) is 0 Å². The molecule has 0 aromatic heterocycles. The first-order chi connectivity index (χ1) is 9.56. The Morgan fingerprint density at radius 1 is 1.35 bits per heavy atom. The first-order valence-corrected chi connectivity index (χ1v) is 7.12. The van der Waals surface area contributed by atoms with Gasteiger partial charge in [0.25, 0.3) is 5.91 Å². The Labute approximate surface area is 119 Å². The zero-order chi connectivity index (χ0) is 14.7. The second-order valence-corrected chi connectivity index (χ2v) is 5.12. The Balaban J connectivity index is 2.08. The normalized spacial score (nSPS) is 18.8. The monoisotopic (exact) mass is 278 g/mol. The van der Waals surface area contributed by atoms with Gasteiger partial charge < -0.3 is 15.1 Å². The molecule has 1 aliphatic rings. The summed E-state index contributed by atoms with van der Waals surface area (Å²) in [5.74, 6) is -0.375. The number of hydrogen-bond donors (Lipinski definition) is 2. The molecule has 0 bridgehead atoms. The maximum atomic E-state index is 12.4. The lowest BCUT2D eigenvalue weighted by Gasteiger charge is -2.26. The number of aromatic hydroxyl groups is 2. The van der Waals surface area contributed by atoms with Crippen molar-refractivity contribution in [1.82, 2.24) is 9.80 Å². The molecule has 1 saturated heterocycles. The molecule has 0 spiro atoms. The minimum absolute atomic E-state index is 0.0403. The second kappa shape index (κ2) is 6.13. The minimum atomic E-state index is -0.169. The summed E-state index contributed by atoms with van der Waals surface area (Å²) in [6.45, 7) is 7.61. The van der Waals surface area contributed by atoms with Crippen LogP contribution in [0.5, 0.6) is 11.5 Å². The van der Waals surface area contributed by atoms with Crippen molar-refractivity contribution in [3.63, 3.8) is 0 Å². The third kappa shape index (κ3) is 2.88. The lowest BCUT2D eigenvalue weighted by atomic mass is 10.1. The van der Waals surface area contributed by atoms with E-state index >= 15 is 0 Å². The molecule has 1 fully saturated rings. The zero-order valence-electron chi connectivity index (χ0n) is 12.0. The molecule has 2 rings (SSSR count). The van der Waals surface area contributed by atoms with E-state index in [2.05, 4.69) is 18.7 Å². The summed E-state index contributed by atoms with van der Waals surface area (Å²) in [6.07, 6.45) is 0.965. The predicted molar refractivity (Wildman–Crippen MR) is 77.0 cm³/mol. The number of likely N-dealkylation sites (tertiary alicyclic amines) is 1. The lowest BCUT2D eigenvalue weighted by Crippen LogP contribution is -2.38. The molecule has 110 valence electrons. The van der Waals surface area contributed by atoms with Crippen molar-refractivity contribution in [2.24, 2.45) is 0 Å². The topological polar surface area (TPSA) is 64.0 Å². The number of nitrogens with zero attached hydrogens (tertiary/aromatic N) is 2. The molecule has 1 amide bonds. The van der Waals surface area contributed by atoms with Gasteiger partial charge in [-0.05, 0) is 31.6 Å². The average Bonchev–Trinajstić information content (AvgIpc) is 2.89. The third-order valence-electron chi connectivity index (χ3n) is 3.99. The third-order valence-corrected chi connectivity index (χ3v) is 3.99. The number of amides is 1. The first kappa shape index (κ1) is 14.7. The molecule has 0 saturated carbocycles. The molecule has 1 heterocycles. The van der Waals surface area contributed by atoms with Crippen LogP contribution in [-0.4, -0.2) is 58.1 Å². The molecule has 2 N–H and O–H groups in total. The van der Waals surface area contributed by atoms with E-state index in [1.165, 1.54) is 18.2 Å². The van der Waals surface area contributed by atoms with Gasteiger partial charge in [-0.3, -0.25) is 9.69 Å². The smallest absolute Gasteiger partial charge is 0.257 e. The van der Waals surface area contributed by atoms with Gasteiger partial charge in [0, 0.05) is 25.2 Å². The SMILES string of the molecule is CCN(CC)C1CCN(C(=O)c2ccc(O)cc2O)C1. The van der Waals surface area contributed by atoms with E-state index in [9.17, 15) is 15.0 Å². The van der Waals surface area contributed by atoms with Crippen LogP contribution in [0.25, 0.3) is 0 Å². The Morgan fingerprint density at radius 2 is 2.05 bits per heavy atom. The minimum Gasteiger partial charge on any atom is -0.508 e. The molecule has 1 aromatic rings. The number of phenols is 2. The summed E-state index contributed by atoms with van der Waals surface area (Å²) >= 11 is 0. The van der Waals surface area contributed by atoms with Gasteiger partial charge in [0.05, 0.1) is 5.56 Å². The predicted octanol–water partition coefficient (Wildman–Crippen LogP) is 1.65. The van der Waals surface area contributed by atoms with E-state index in [4.69, 9.17) is 0 Å². The van der Waals surface area contributed by atoms with Crippen LogP contribution in [0.15, 0.2) is 18.2 Å². The van der Waals surface area contributed by atoms with Gasteiger partial charge in [0.2, 0.25) is 0 Å². The Bertz CT molecular complexity index is 486. The van der Waals surface area contributed by atoms with Crippen LogP contribution in [0.3, 0.4) is 0 Å². The Morgan fingerprint density at radius 3 is 2.65 bits per heavy atom. The summed E-state index contributed by atoms with van der Waals surface area (Å²) in [5, 5.41) is 19.0. The van der Waals surface area contributed by atoms with Crippen molar-refractivity contribution in [2.45, 2.75) is 26.3 Å². The second-order valence-electron chi connectivity index (χ2n) is 5.12. The van der Waals surface area contributed by atoms with Crippen molar-refractivity contribution in [3.8, 4) is 11.5 Å². The number of rotatable bonds is 4. The van der Waals surface area contributed by atoms with Gasteiger partial charge in [0.15, 0.2) is 0 Å². The van der Waals surface area contributed by atoms with Crippen molar-refractivity contribution in [3.05, 3.63) is 23.8 Å². The molecule has 1 unspecified atom stereocenters. The fraction of sp³-hybridized carbons (Fsp3) is 0.533. The first-order valence-electron chi connectivity index (χ1n) is 7.12. The molecule has 1 atom stereocenters. The highest BCUT2D eigenvalue weighted by atomic mass is 16.3. The van der Waals surface area contributed by atoms with Crippen LogP contribution >= 0.6 is 0 Å². The molecule has 20 heavy (non-hydrogen) atoms. The summed E-state index contributed by atoms with van der Waals surface area (Å²) < 4.78 is 0. The average molecular weight is 278 g/mol. The van der Waals surface area contributed by atoms with E-state index in [0.717, 1.165) is 19.5 Å². The lowest BCUT2D eigenvalue weighted by molar-refractivity contribution is 0.0775. The largest absolute Gasteiger partial charge is 0.508 e. The highest BCUT2D eigenvalue weighted by Gasteiger charge is 2.30. The number of likely N-dealkylation sites (N-methyl/N-ethyl adjacent to an activating group) is 1. The van der Waals surface area contributed by atoms with Crippen LogP contribution in [0.1, 0.15) is 30.6 Å². The fourth-order valence-corrected chi connectivity index (χ4v) is 2.84. The van der Waals surface area contributed by atoms with Crippen LogP contribution in [0.2, 0.25) is 0 Å². The van der Waals surface area contributed by atoms with Crippen LogP contribution < -0.4 is 0 Å². The maximum Gasteiger partial charge on any atom is 0.257 e. The molecule has 0 aliphatic carbocycles. The van der Waals surface area contributed by atoms with Gasteiger partial charge in [-0.2, -0.15) is 0 Å². The summed E-state index contributed by atoms with van der Waals surface area (Å²) in [4.78, 5) is 16.5. The number of phenolic OH excluding ortho intramolecular Hbond substituents is 2. The summed E-state index contributed by atoms with van der Waals surface area (Å²) in [5.41, 5.74) is 0.253. The zero-order valence-corrected chi connectivity index (χ0v) is 12.0. The van der Waals surface area contributed by atoms with E-state index in [0.29, 0.717) is 19.1 Å². The molecule has 5 heteroatoms. The number of carbonyl (C=O) groups is 1. The molecule has 1 aromatic carbocycles. The molecular weight excluding hydrogens is 256 g/mol. The van der Waals surface area contributed by atoms with E-state index in [-0.39, 0.29) is 23.0 Å². The standard InChI is InChI=1S/C15H22N2O3/c1-3-16(4-2)11-7-8-17(10-11)15(20)13-6-5-12(18)9-14(13)19/h5-6,9,11,18-19H,3-4,7-8,10H2,1-2H3. The van der Waals surface area contributed by atoms with Crippen LogP contribution in [0.4, 0.5) is 0 Å². The van der Waals surface area contributed by atoms with Gasteiger partial charge >= 0.3 is 0 Å². The van der Waals surface area contributed by atoms with Crippen molar-refractivity contribution in [1.29, 1.82) is 0 Å². The molecule has 1 aliphatic heterocycles. The van der Waals surface area contributed by atoms with Gasteiger partial charge in [-0.25, -0.2) is 0 Å². The summed E-state index contributed by atoms with van der Waals surface area (Å²) in [7, 11) is 0. The fourth-order valence-electron chi connectivity index (χ4n) is 2.84. The Kier molecular flexibility index (Phi) is 4.49. The molecule has 0 radical (unpaired) electrons. The number of benzene rings is 1. The quantitative estimate of drug-likeness (QED) is 0.879. The van der Waals surface area contributed by atoms with Crippen molar-refractivity contribution >= 4 is 5.91 Å². The van der Waals surface area contributed by atoms with Crippen molar-refractivity contribution in [2.75, 3.05) is 26.2 Å². The number of hydrogen-bond acceptors (Lipinski definition) is 4. The van der Waals surface area contributed by atoms with Gasteiger partial charge in [0.1, 0.15) is 11.5 Å². The highest BCUT2D eigenvalue weighted by Crippen LogP contribution is 2.26. The molecule has 5 nitrogen and oxygen atoms in total. The number of carbonyl (C=O) groups excluding carboxylic acids is 1. The van der Waals surface area contributed by atoms with Crippen LogP contribution in [0, 0.1) is 0 Å². The van der Waals surface area contributed by atoms with E-state index < -0.39 is 0 Å². The van der Waals surface area contributed by atoms with E-state index in [1.54, 1.807) is 4.90 Å². The molecular formula is C15H22N2O3. The Hall–Kier alpha value is -1.75. The van der Waals surface area contributed by atoms with Gasteiger partial charge in [-0.15, -0.1) is 0 Å². The van der Waals surface area contributed by atoms with Crippen LogP contribution in [-0.2, 0) is 0 Å². The van der Waals surface area contributed by atoms with Crippen molar-refractivity contribution < 1.29 is 15.0 Å². The summed E-state index contributed by atoms with van der Waals surface area (Å²) in [6, 6.07) is 4.49. The highest BCUT2D eigenvalue weighted by molar-refractivity contribution is 5.97. The van der Waals surface area contributed by atoms with Gasteiger partial charge in [-0.1, -0.05) is 13.8 Å². The maximum absolute atomic E-state index is 12.4.